The van der Waals surface area contributed by atoms with E-state index in [2.05, 4.69) is 0 Å². The Bertz CT molecular complexity index is 374. The largest absolute Gasteiger partial charge is 0.481 e. The molecule has 0 aliphatic heterocycles. The van der Waals surface area contributed by atoms with Gasteiger partial charge in [-0.05, 0) is 11.1 Å². The highest BCUT2D eigenvalue weighted by Gasteiger charge is 2.04. The first kappa shape index (κ1) is 11.7. The fourth-order valence-corrected chi connectivity index (χ4v) is 1.39. The number of Topliss-reactive ketones (excluding diaryl/α,β-unsaturated/α-hetero) is 1. The van der Waals surface area contributed by atoms with Gasteiger partial charge >= 0.3 is 5.97 Å². The molecule has 0 aliphatic carbocycles. The summed E-state index contributed by atoms with van der Waals surface area (Å²) in [6.07, 6.45) is 0.236. The lowest BCUT2D eigenvalue weighted by Crippen LogP contribution is -2.05. The molecule has 0 spiro atoms. The quantitative estimate of drug-likeness (QED) is 0.777. The van der Waals surface area contributed by atoms with E-state index in [1.807, 2.05) is 0 Å². The molecule has 0 aromatic heterocycles. The van der Waals surface area contributed by atoms with Gasteiger partial charge in [-0.3, -0.25) is 9.59 Å². The lowest BCUT2D eigenvalue weighted by atomic mass is 10.0. The van der Waals surface area contributed by atoms with Crippen molar-refractivity contribution in [2.45, 2.75) is 12.8 Å². The van der Waals surface area contributed by atoms with Crippen molar-refractivity contribution in [1.82, 2.24) is 0 Å². The Morgan fingerprint density at radius 1 is 1.20 bits per heavy atom. The number of carboxylic acid groups (broad SMARTS) is 1. The third-order valence-corrected chi connectivity index (χ3v) is 2.20. The number of carbonyl (C=O) groups excluding carboxylic acids is 1. The molecule has 0 atom stereocenters. The van der Waals surface area contributed by atoms with E-state index in [9.17, 15) is 9.59 Å². The van der Waals surface area contributed by atoms with Gasteiger partial charge in [-0.25, -0.2) is 0 Å². The number of hydrogen-bond acceptors (Lipinski definition) is 2. The van der Waals surface area contributed by atoms with Crippen LogP contribution in [-0.4, -0.2) is 22.7 Å². The van der Waals surface area contributed by atoms with Gasteiger partial charge in [-0.15, -0.1) is 11.6 Å². The number of benzene rings is 1. The third kappa shape index (κ3) is 4.13. The first-order chi connectivity index (χ1) is 7.11. The topological polar surface area (TPSA) is 54.4 Å². The van der Waals surface area contributed by atoms with E-state index in [1.165, 1.54) is 0 Å². The van der Waals surface area contributed by atoms with Crippen molar-refractivity contribution in [2.75, 3.05) is 5.88 Å². The van der Waals surface area contributed by atoms with Crippen LogP contribution in [0, 0.1) is 0 Å². The molecule has 1 rings (SSSR count). The molecule has 0 saturated carbocycles. The fraction of sp³-hybridized carbons (Fsp3) is 0.273. The lowest BCUT2D eigenvalue weighted by Gasteiger charge is -2.01. The zero-order valence-electron chi connectivity index (χ0n) is 8.07. The van der Waals surface area contributed by atoms with Crippen LogP contribution < -0.4 is 0 Å². The SMILES string of the molecule is O=C(O)Cc1cccc(CC(=O)CCl)c1. The van der Waals surface area contributed by atoms with Gasteiger partial charge in [0.2, 0.25) is 0 Å². The summed E-state index contributed by atoms with van der Waals surface area (Å²) >= 11 is 5.38. The third-order valence-electron chi connectivity index (χ3n) is 1.90. The van der Waals surface area contributed by atoms with Gasteiger partial charge < -0.3 is 5.11 Å². The van der Waals surface area contributed by atoms with Gasteiger partial charge in [0.05, 0.1) is 12.3 Å². The van der Waals surface area contributed by atoms with E-state index in [0.717, 1.165) is 5.56 Å². The zero-order valence-corrected chi connectivity index (χ0v) is 8.83. The molecule has 0 radical (unpaired) electrons. The Morgan fingerprint density at radius 3 is 2.33 bits per heavy atom. The molecule has 1 aromatic rings. The van der Waals surface area contributed by atoms with Crippen LogP contribution in [0.1, 0.15) is 11.1 Å². The Hall–Kier alpha value is -1.35. The summed E-state index contributed by atoms with van der Waals surface area (Å²) in [7, 11) is 0. The molecule has 0 heterocycles. The van der Waals surface area contributed by atoms with Crippen molar-refractivity contribution < 1.29 is 14.7 Å². The Labute approximate surface area is 92.7 Å². The monoisotopic (exact) mass is 226 g/mol. The summed E-state index contributed by atoms with van der Waals surface area (Å²) in [5.41, 5.74) is 1.50. The molecule has 80 valence electrons. The van der Waals surface area contributed by atoms with E-state index >= 15 is 0 Å². The Morgan fingerprint density at radius 2 is 1.80 bits per heavy atom. The number of alkyl halides is 1. The van der Waals surface area contributed by atoms with Crippen molar-refractivity contribution in [3.8, 4) is 0 Å². The normalized spacial score (nSPS) is 9.93. The van der Waals surface area contributed by atoms with E-state index in [0.29, 0.717) is 5.56 Å². The summed E-state index contributed by atoms with van der Waals surface area (Å²) in [5.74, 6) is -0.955. The minimum absolute atomic E-state index is 0.0108. The molecule has 4 heteroatoms. The highest BCUT2D eigenvalue weighted by atomic mass is 35.5. The van der Waals surface area contributed by atoms with Crippen molar-refractivity contribution in [2.24, 2.45) is 0 Å². The Balaban J connectivity index is 2.74. The van der Waals surface area contributed by atoms with Crippen molar-refractivity contribution in [3.05, 3.63) is 35.4 Å². The molecule has 0 unspecified atom stereocenters. The second-order valence-corrected chi connectivity index (χ2v) is 3.51. The molecule has 1 N–H and O–H groups in total. The second kappa shape index (κ2) is 5.51. The van der Waals surface area contributed by atoms with E-state index in [1.54, 1.807) is 24.3 Å². The van der Waals surface area contributed by atoms with Gasteiger partial charge in [0.1, 0.15) is 0 Å². The molecule has 0 amide bonds. The number of rotatable bonds is 5. The minimum atomic E-state index is -0.879. The number of ketones is 1. The smallest absolute Gasteiger partial charge is 0.307 e. The Kier molecular flexibility index (Phi) is 4.31. The average molecular weight is 227 g/mol. The van der Waals surface area contributed by atoms with Crippen molar-refractivity contribution in [1.29, 1.82) is 0 Å². The maximum atomic E-state index is 11.1. The van der Waals surface area contributed by atoms with Crippen molar-refractivity contribution >= 4 is 23.4 Å². The molecule has 0 fully saturated rings. The van der Waals surface area contributed by atoms with Crippen LogP contribution in [0.2, 0.25) is 0 Å². The van der Waals surface area contributed by atoms with Gasteiger partial charge in [-0.2, -0.15) is 0 Å². The maximum Gasteiger partial charge on any atom is 0.307 e. The van der Waals surface area contributed by atoms with Gasteiger partial charge in [0.15, 0.2) is 5.78 Å². The minimum Gasteiger partial charge on any atom is -0.481 e. The van der Waals surface area contributed by atoms with E-state index in [-0.39, 0.29) is 24.5 Å². The average Bonchev–Trinajstić information content (AvgIpc) is 2.17. The van der Waals surface area contributed by atoms with Gasteiger partial charge in [0.25, 0.3) is 0 Å². The first-order valence-electron chi connectivity index (χ1n) is 4.49. The highest BCUT2D eigenvalue weighted by molar-refractivity contribution is 6.27. The predicted octanol–water partition coefficient (Wildman–Crippen LogP) is 1.66. The van der Waals surface area contributed by atoms with Gasteiger partial charge in [0, 0.05) is 6.42 Å². The fourth-order valence-electron chi connectivity index (χ4n) is 1.30. The molecule has 15 heavy (non-hydrogen) atoms. The number of carbonyl (C=O) groups is 2. The van der Waals surface area contributed by atoms with E-state index in [4.69, 9.17) is 16.7 Å². The van der Waals surface area contributed by atoms with Crippen LogP contribution in [0.25, 0.3) is 0 Å². The van der Waals surface area contributed by atoms with Crippen LogP contribution >= 0.6 is 11.6 Å². The zero-order chi connectivity index (χ0) is 11.3. The summed E-state index contributed by atoms with van der Waals surface area (Å²) in [6, 6.07) is 6.98. The van der Waals surface area contributed by atoms with E-state index < -0.39 is 5.97 Å². The number of hydrogen-bond donors (Lipinski definition) is 1. The molecule has 0 aliphatic rings. The summed E-state index contributed by atoms with van der Waals surface area (Å²) in [6.45, 7) is 0. The van der Waals surface area contributed by atoms with Gasteiger partial charge in [-0.1, -0.05) is 24.3 Å². The van der Waals surface area contributed by atoms with Crippen LogP contribution in [0.3, 0.4) is 0 Å². The molecule has 1 aromatic carbocycles. The predicted molar refractivity (Wildman–Crippen MR) is 57.2 cm³/mol. The summed E-state index contributed by atoms with van der Waals surface area (Å²) in [4.78, 5) is 21.5. The van der Waals surface area contributed by atoms with Crippen LogP contribution in [-0.2, 0) is 22.4 Å². The lowest BCUT2D eigenvalue weighted by molar-refractivity contribution is -0.136. The number of carboxylic acids is 1. The maximum absolute atomic E-state index is 11.1. The summed E-state index contributed by atoms with van der Waals surface area (Å²) in [5, 5.41) is 8.60. The highest BCUT2D eigenvalue weighted by Crippen LogP contribution is 2.07. The molecular weight excluding hydrogens is 216 g/mol. The molecule has 3 nitrogen and oxygen atoms in total. The van der Waals surface area contributed by atoms with Crippen LogP contribution in [0.5, 0.6) is 0 Å². The van der Waals surface area contributed by atoms with Crippen LogP contribution in [0.4, 0.5) is 0 Å². The molecular formula is C11H11ClO3. The van der Waals surface area contributed by atoms with Crippen molar-refractivity contribution in [3.63, 3.8) is 0 Å². The number of aliphatic carboxylic acids is 1. The first-order valence-corrected chi connectivity index (χ1v) is 5.02. The molecule has 0 bridgehead atoms. The molecule has 0 saturated heterocycles. The summed E-state index contributed by atoms with van der Waals surface area (Å²) < 4.78 is 0. The second-order valence-electron chi connectivity index (χ2n) is 3.24. The number of halogens is 1. The van der Waals surface area contributed by atoms with Crippen LogP contribution in [0.15, 0.2) is 24.3 Å². The standard InChI is InChI=1S/C11H11ClO3/c12-7-10(13)5-8-2-1-3-9(4-8)6-11(14)15/h1-4H,5-7H2,(H,14,15).